The van der Waals surface area contributed by atoms with Gasteiger partial charge in [-0.05, 0) is 24.3 Å². The summed E-state index contributed by atoms with van der Waals surface area (Å²) in [5.74, 6) is 0.627. The van der Waals surface area contributed by atoms with E-state index >= 15 is 0 Å². The number of aliphatic carboxylic acids is 1. The number of nitrogens with one attached hydrogen (secondary N) is 1. The second kappa shape index (κ2) is 11.4. The van der Waals surface area contributed by atoms with Gasteiger partial charge >= 0.3 is 5.97 Å². The summed E-state index contributed by atoms with van der Waals surface area (Å²) in [4.78, 5) is 21.7. The zero-order valence-corrected chi connectivity index (χ0v) is 12.2. The van der Waals surface area contributed by atoms with Crippen molar-refractivity contribution in [2.24, 2.45) is 0 Å². The van der Waals surface area contributed by atoms with Gasteiger partial charge < -0.3 is 10.4 Å². The van der Waals surface area contributed by atoms with Gasteiger partial charge in [0, 0.05) is 6.92 Å². The van der Waals surface area contributed by atoms with E-state index in [1.807, 2.05) is 0 Å². The van der Waals surface area contributed by atoms with Gasteiger partial charge in [0.2, 0.25) is 5.91 Å². The molecule has 1 amide bonds. The zero-order valence-electron chi connectivity index (χ0n) is 11.4. The van der Waals surface area contributed by atoms with Crippen molar-refractivity contribution in [2.75, 3.05) is 11.5 Å². The molecule has 4 nitrogen and oxygen atoms in total. The fourth-order valence-electron chi connectivity index (χ4n) is 1.61. The van der Waals surface area contributed by atoms with Gasteiger partial charge in [-0.1, -0.05) is 32.6 Å². The number of unbranched alkanes of at least 4 members (excludes halogenated alkanes) is 4. The predicted molar refractivity (Wildman–Crippen MR) is 75.9 cm³/mol. The summed E-state index contributed by atoms with van der Waals surface area (Å²) in [5, 5.41) is 11.3. The second-order valence-electron chi connectivity index (χ2n) is 4.41. The summed E-state index contributed by atoms with van der Waals surface area (Å²) >= 11 is 1.77. The average Bonchev–Trinajstić information content (AvgIpc) is 2.30. The average molecular weight is 275 g/mol. The SMILES string of the molecule is CCCCCCCSCCC(NC(C)=O)C(=O)O. The molecule has 0 saturated carbocycles. The Balaban J connectivity index is 3.49. The summed E-state index contributed by atoms with van der Waals surface area (Å²) in [6.07, 6.45) is 6.80. The highest BCUT2D eigenvalue weighted by Crippen LogP contribution is 2.10. The van der Waals surface area contributed by atoms with Crippen LogP contribution in [-0.2, 0) is 9.59 Å². The molecule has 0 radical (unpaired) electrons. The molecule has 0 rings (SSSR count). The highest BCUT2D eigenvalue weighted by molar-refractivity contribution is 7.99. The lowest BCUT2D eigenvalue weighted by molar-refractivity contribution is -0.141. The van der Waals surface area contributed by atoms with Crippen molar-refractivity contribution in [2.45, 2.75) is 58.4 Å². The van der Waals surface area contributed by atoms with Crippen LogP contribution < -0.4 is 5.32 Å². The molecule has 0 aromatic carbocycles. The summed E-state index contributed by atoms with van der Waals surface area (Å²) in [5.41, 5.74) is 0. The van der Waals surface area contributed by atoms with Crippen molar-refractivity contribution in [1.82, 2.24) is 5.32 Å². The number of carboxylic acids is 1. The van der Waals surface area contributed by atoms with Gasteiger partial charge in [0.15, 0.2) is 0 Å². The summed E-state index contributed by atoms with van der Waals surface area (Å²) in [6.45, 7) is 3.54. The van der Waals surface area contributed by atoms with Crippen LogP contribution >= 0.6 is 11.8 Å². The van der Waals surface area contributed by atoms with Gasteiger partial charge in [-0.3, -0.25) is 4.79 Å². The van der Waals surface area contributed by atoms with E-state index in [4.69, 9.17) is 5.11 Å². The molecule has 1 unspecified atom stereocenters. The van der Waals surface area contributed by atoms with Crippen LogP contribution in [-0.4, -0.2) is 34.5 Å². The van der Waals surface area contributed by atoms with E-state index in [1.165, 1.54) is 39.0 Å². The molecule has 2 N–H and O–H groups in total. The van der Waals surface area contributed by atoms with Crippen molar-refractivity contribution in [1.29, 1.82) is 0 Å². The third-order valence-electron chi connectivity index (χ3n) is 2.62. The number of carbonyl (C=O) groups is 2. The summed E-state index contributed by atoms with van der Waals surface area (Å²) in [7, 11) is 0. The Morgan fingerprint density at radius 2 is 1.83 bits per heavy atom. The van der Waals surface area contributed by atoms with E-state index in [9.17, 15) is 9.59 Å². The Labute approximate surface area is 114 Å². The minimum Gasteiger partial charge on any atom is -0.480 e. The van der Waals surface area contributed by atoms with Crippen LogP contribution in [0.15, 0.2) is 0 Å². The normalized spacial score (nSPS) is 12.1. The van der Waals surface area contributed by atoms with Crippen LogP contribution in [0.1, 0.15) is 52.4 Å². The van der Waals surface area contributed by atoms with E-state index in [1.54, 1.807) is 11.8 Å². The first-order valence-corrected chi connectivity index (χ1v) is 7.81. The third-order valence-corrected chi connectivity index (χ3v) is 3.72. The molecule has 0 aromatic rings. The van der Waals surface area contributed by atoms with Crippen LogP contribution in [0.25, 0.3) is 0 Å². The number of hydrogen-bond acceptors (Lipinski definition) is 3. The topological polar surface area (TPSA) is 66.4 Å². The van der Waals surface area contributed by atoms with E-state index < -0.39 is 12.0 Å². The van der Waals surface area contributed by atoms with Gasteiger partial charge in [-0.2, -0.15) is 11.8 Å². The molecular weight excluding hydrogens is 250 g/mol. The molecule has 0 aliphatic carbocycles. The molecule has 0 spiro atoms. The van der Waals surface area contributed by atoms with Gasteiger partial charge in [-0.15, -0.1) is 0 Å². The minimum absolute atomic E-state index is 0.285. The molecule has 0 aliphatic rings. The van der Waals surface area contributed by atoms with Crippen LogP contribution in [0.3, 0.4) is 0 Å². The Kier molecular flexibility index (Phi) is 10.9. The molecule has 1 atom stereocenters. The first kappa shape index (κ1) is 17.3. The van der Waals surface area contributed by atoms with Crippen molar-refractivity contribution in [3.8, 4) is 0 Å². The Morgan fingerprint density at radius 3 is 2.39 bits per heavy atom. The summed E-state index contributed by atoms with van der Waals surface area (Å²) < 4.78 is 0. The molecule has 0 fully saturated rings. The van der Waals surface area contributed by atoms with Crippen molar-refractivity contribution in [3.05, 3.63) is 0 Å². The zero-order chi connectivity index (χ0) is 13.8. The lowest BCUT2D eigenvalue weighted by atomic mass is 10.2. The molecule has 18 heavy (non-hydrogen) atoms. The fourth-order valence-corrected chi connectivity index (χ4v) is 2.63. The molecule has 5 heteroatoms. The predicted octanol–water partition coefficient (Wildman–Crippen LogP) is 2.67. The minimum atomic E-state index is -0.950. The van der Waals surface area contributed by atoms with Crippen molar-refractivity contribution in [3.63, 3.8) is 0 Å². The van der Waals surface area contributed by atoms with E-state index in [0.29, 0.717) is 6.42 Å². The maximum absolute atomic E-state index is 10.8. The number of carbonyl (C=O) groups excluding carboxylic acids is 1. The number of rotatable bonds is 11. The maximum Gasteiger partial charge on any atom is 0.326 e. The molecule has 0 aromatic heterocycles. The Hall–Kier alpha value is -0.710. The Bertz CT molecular complexity index is 246. The van der Waals surface area contributed by atoms with Crippen LogP contribution in [0, 0.1) is 0 Å². The molecule has 106 valence electrons. The quantitative estimate of drug-likeness (QED) is 0.569. The summed E-state index contributed by atoms with van der Waals surface area (Å²) in [6, 6.07) is -0.741. The van der Waals surface area contributed by atoms with Gasteiger partial charge in [0.1, 0.15) is 6.04 Å². The lowest BCUT2D eigenvalue weighted by Crippen LogP contribution is -2.39. The molecule has 0 saturated heterocycles. The first-order chi connectivity index (χ1) is 8.57. The van der Waals surface area contributed by atoms with Gasteiger partial charge in [0.05, 0.1) is 0 Å². The third kappa shape index (κ3) is 10.4. The van der Waals surface area contributed by atoms with E-state index in [2.05, 4.69) is 12.2 Å². The monoisotopic (exact) mass is 275 g/mol. The van der Waals surface area contributed by atoms with Gasteiger partial charge in [-0.25, -0.2) is 4.79 Å². The highest BCUT2D eigenvalue weighted by atomic mass is 32.2. The van der Waals surface area contributed by atoms with Crippen LogP contribution in [0.2, 0.25) is 0 Å². The standard InChI is InChI=1S/C13H25NO3S/c1-3-4-5-6-7-9-18-10-8-12(13(16)17)14-11(2)15/h12H,3-10H2,1-2H3,(H,14,15)(H,16,17). The number of amides is 1. The smallest absolute Gasteiger partial charge is 0.326 e. The fraction of sp³-hybridized carbons (Fsp3) is 0.846. The largest absolute Gasteiger partial charge is 0.480 e. The molecule has 0 bridgehead atoms. The number of thioether (sulfide) groups is 1. The Morgan fingerprint density at radius 1 is 1.17 bits per heavy atom. The molecule has 0 heterocycles. The highest BCUT2D eigenvalue weighted by Gasteiger charge is 2.17. The second-order valence-corrected chi connectivity index (χ2v) is 5.63. The van der Waals surface area contributed by atoms with Crippen LogP contribution in [0.4, 0.5) is 0 Å². The van der Waals surface area contributed by atoms with Crippen molar-refractivity contribution >= 4 is 23.6 Å². The molecule has 0 aliphatic heterocycles. The van der Waals surface area contributed by atoms with Gasteiger partial charge in [0.25, 0.3) is 0 Å². The van der Waals surface area contributed by atoms with E-state index in [0.717, 1.165) is 11.5 Å². The lowest BCUT2D eigenvalue weighted by Gasteiger charge is -2.12. The first-order valence-electron chi connectivity index (χ1n) is 6.65. The number of hydrogen-bond donors (Lipinski definition) is 2. The van der Waals surface area contributed by atoms with Crippen molar-refractivity contribution < 1.29 is 14.7 Å². The molecular formula is C13H25NO3S. The van der Waals surface area contributed by atoms with E-state index in [-0.39, 0.29) is 5.91 Å². The maximum atomic E-state index is 10.8. The number of carboxylic acid groups (broad SMARTS) is 1. The van der Waals surface area contributed by atoms with Crippen LogP contribution in [0.5, 0.6) is 0 Å².